The molecule has 0 radical (unpaired) electrons. The molecule has 0 saturated carbocycles. The highest BCUT2D eigenvalue weighted by atomic mass is 79.9. The van der Waals surface area contributed by atoms with E-state index in [1.807, 2.05) is 37.3 Å². The molecular weight excluding hydrogens is 552 g/mol. The van der Waals surface area contributed by atoms with Crippen LogP contribution in [0, 0.1) is 6.92 Å². The highest BCUT2D eigenvalue weighted by Gasteiger charge is 2.37. The first-order chi connectivity index (χ1) is 17.9. The Labute approximate surface area is 231 Å². The molecule has 1 aliphatic heterocycles. The Kier molecular flexibility index (Phi) is 9.32. The molecule has 2 heterocycles. The zero-order valence-electron chi connectivity index (χ0n) is 21.7. The van der Waals surface area contributed by atoms with Gasteiger partial charge in [-0.1, -0.05) is 72.2 Å². The maximum absolute atomic E-state index is 13.4. The summed E-state index contributed by atoms with van der Waals surface area (Å²) in [5, 5.41) is 8.75. The number of fused-ring (bicyclic) bond motifs is 1. The molecule has 0 aliphatic carbocycles. The van der Waals surface area contributed by atoms with Crippen LogP contribution < -0.4 is 10.1 Å². The van der Waals surface area contributed by atoms with E-state index in [1.54, 1.807) is 16.4 Å². The predicted molar refractivity (Wildman–Crippen MR) is 151 cm³/mol. The standard InChI is InChI=1S/C28H33BrN4O3S/c1-5-7-14-35-26(34)24-19(4)30-27-31-28(37-15-6-2)32-33(27)25(24)22-16-21(29)12-13-23(22)36-17-20-11-9-8-10-18(20)3/h8-13,16,25H,5-7,14-15,17H2,1-4H3,(H,30,31,32). The van der Waals surface area contributed by atoms with Crippen LogP contribution in [0.4, 0.5) is 5.95 Å². The zero-order valence-corrected chi connectivity index (χ0v) is 24.1. The Bertz CT molecular complexity index is 1290. The van der Waals surface area contributed by atoms with Crippen molar-refractivity contribution in [2.24, 2.45) is 0 Å². The van der Waals surface area contributed by atoms with Crippen LogP contribution in [0.1, 0.15) is 62.8 Å². The van der Waals surface area contributed by atoms with Gasteiger partial charge in [0.15, 0.2) is 0 Å². The molecular formula is C28H33BrN4O3S. The Hall–Kier alpha value is -2.78. The van der Waals surface area contributed by atoms with Crippen LogP contribution >= 0.6 is 27.7 Å². The molecule has 2 aromatic carbocycles. The summed E-state index contributed by atoms with van der Waals surface area (Å²) in [5.74, 6) is 1.82. The first-order valence-corrected chi connectivity index (χ1v) is 14.4. The van der Waals surface area contributed by atoms with E-state index in [1.165, 1.54) is 0 Å². The highest BCUT2D eigenvalue weighted by Crippen LogP contribution is 2.41. The number of anilines is 1. The second-order valence-corrected chi connectivity index (χ2v) is 10.9. The Morgan fingerprint density at radius 1 is 1.16 bits per heavy atom. The minimum absolute atomic E-state index is 0.364. The van der Waals surface area contributed by atoms with Gasteiger partial charge in [-0.2, -0.15) is 4.98 Å². The summed E-state index contributed by atoms with van der Waals surface area (Å²) in [4.78, 5) is 18.1. The molecule has 1 aromatic heterocycles. The minimum atomic E-state index is -0.557. The average molecular weight is 586 g/mol. The number of ether oxygens (including phenoxy) is 2. The number of carbonyl (C=O) groups is 1. The number of nitrogens with zero attached hydrogens (tertiary/aromatic N) is 3. The number of aryl methyl sites for hydroxylation is 1. The summed E-state index contributed by atoms with van der Waals surface area (Å²) in [6, 6.07) is 13.5. The smallest absolute Gasteiger partial charge is 0.338 e. The second kappa shape index (κ2) is 12.6. The molecule has 3 aromatic rings. The molecule has 7 nitrogen and oxygen atoms in total. The summed E-state index contributed by atoms with van der Waals surface area (Å²) in [5.41, 5.74) is 4.27. The number of allylic oxidation sites excluding steroid dienone is 1. The number of aromatic nitrogens is 3. The van der Waals surface area contributed by atoms with Crippen LogP contribution in [0.15, 0.2) is 63.4 Å². The highest BCUT2D eigenvalue weighted by molar-refractivity contribution is 9.10. The van der Waals surface area contributed by atoms with Gasteiger partial charge in [0.25, 0.3) is 0 Å². The quantitative estimate of drug-likeness (QED) is 0.147. The number of nitrogens with one attached hydrogen (secondary N) is 1. The van der Waals surface area contributed by atoms with E-state index in [-0.39, 0.29) is 5.97 Å². The van der Waals surface area contributed by atoms with Gasteiger partial charge in [-0.25, -0.2) is 9.48 Å². The maximum Gasteiger partial charge on any atom is 0.338 e. The molecule has 0 amide bonds. The molecule has 0 saturated heterocycles. The van der Waals surface area contributed by atoms with Gasteiger partial charge in [0.05, 0.1) is 12.2 Å². The summed E-state index contributed by atoms with van der Waals surface area (Å²) in [6.45, 7) is 8.93. The first kappa shape index (κ1) is 27.3. The summed E-state index contributed by atoms with van der Waals surface area (Å²) < 4.78 is 14.7. The fourth-order valence-corrected chi connectivity index (χ4v) is 5.18. The lowest BCUT2D eigenvalue weighted by Gasteiger charge is -2.29. The summed E-state index contributed by atoms with van der Waals surface area (Å²) in [6.07, 6.45) is 2.77. The number of halogens is 1. The second-order valence-electron chi connectivity index (χ2n) is 8.96. The third kappa shape index (κ3) is 6.38. The van der Waals surface area contributed by atoms with Gasteiger partial charge in [0.1, 0.15) is 18.4 Å². The third-order valence-electron chi connectivity index (χ3n) is 6.13. The van der Waals surface area contributed by atoms with Crippen molar-refractivity contribution in [1.29, 1.82) is 0 Å². The van der Waals surface area contributed by atoms with Crippen LogP contribution in [-0.4, -0.2) is 33.1 Å². The van der Waals surface area contributed by atoms with E-state index in [9.17, 15) is 4.79 Å². The van der Waals surface area contributed by atoms with E-state index < -0.39 is 6.04 Å². The monoisotopic (exact) mass is 584 g/mol. The van der Waals surface area contributed by atoms with Crippen molar-refractivity contribution < 1.29 is 14.3 Å². The molecule has 196 valence electrons. The molecule has 4 rings (SSSR count). The van der Waals surface area contributed by atoms with Crippen molar-refractivity contribution in [3.8, 4) is 5.75 Å². The lowest BCUT2D eigenvalue weighted by molar-refractivity contribution is -0.139. The molecule has 1 unspecified atom stereocenters. The van der Waals surface area contributed by atoms with E-state index >= 15 is 0 Å². The van der Waals surface area contributed by atoms with Gasteiger partial charge >= 0.3 is 5.97 Å². The first-order valence-electron chi connectivity index (χ1n) is 12.6. The van der Waals surface area contributed by atoms with Crippen molar-refractivity contribution in [1.82, 2.24) is 14.8 Å². The number of rotatable bonds is 11. The van der Waals surface area contributed by atoms with E-state index in [2.05, 4.69) is 54.2 Å². The molecule has 1 N–H and O–H groups in total. The fraction of sp³-hybridized carbons (Fsp3) is 0.393. The van der Waals surface area contributed by atoms with E-state index in [0.717, 1.165) is 46.2 Å². The van der Waals surface area contributed by atoms with Crippen molar-refractivity contribution >= 4 is 39.6 Å². The number of hydrogen-bond acceptors (Lipinski definition) is 7. The molecule has 0 fully saturated rings. The van der Waals surface area contributed by atoms with Gasteiger partial charge in [-0.05, 0) is 56.0 Å². The van der Waals surface area contributed by atoms with Gasteiger partial charge in [0.2, 0.25) is 11.1 Å². The Balaban J connectivity index is 1.77. The van der Waals surface area contributed by atoms with Gasteiger partial charge in [0, 0.05) is 21.5 Å². The Morgan fingerprint density at radius 2 is 1.97 bits per heavy atom. The van der Waals surface area contributed by atoms with Crippen LogP contribution in [0.5, 0.6) is 5.75 Å². The normalized spacial score (nSPS) is 14.8. The molecule has 1 aliphatic rings. The molecule has 1 atom stereocenters. The average Bonchev–Trinajstić information content (AvgIpc) is 3.29. The van der Waals surface area contributed by atoms with Crippen LogP contribution in [0.25, 0.3) is 0 Å². The van der Waals surface area contributed by atoms with Crippen LogP contribution in [-0.2, 0) is 16.1 Å². The molecule has 37 heavy (non-hydrogen) atoms. The van der Waals surface area contributed by atoms with Crippen molar-refractivity contribution in [3.63, 3.8) is 0 Å². The number of unbranched alkanes of at least 4 members (excludes halogenated alkanes) is 1. The third-order valence-corrected chi connectivity index (χ3v) is 7.67. The van der Waals surface area contributed by atoms with Gasteiger partial charge in [-0.15, -0.1) is 5.10 Å². The fourth-order valence-electron chi connectivity index (χ4n) is 4.12. The van der Waals surface area contributed by atoms with E-state index in [4.69, 9.17) is 19.6 Å². The maximum atomic E-state index is 13.4. The number of hydrogen-bond donors (Lipinski definition) is 1. The molecule has 0 bridgehead atoms. The van der Waals surface area contributed by atoms with Gasteiger partial charge < -0.3 is 14.8 Å². The number of esters is 1. The summed E-state index contributed by atoms with van der Waals surface area (Å²) in [7, 11) is 0. The number of carbonyl (C=O) groups excluding carboxylic acids is 1. The predicted octanol–water partition coefficient (Wildman–Crippen LogP) is 7.06. The lowest BCUT2D eigenvalue weighted by atomic mass is 9.95. The molecule has 0 spiro atoms. The van der Waals surface area contributed by atoms with Crippen LogP contribution in [0.3, 0.4) is 0 Å². The number of benzene rings is 2. The molecule has 9 heteroatoms. The van der Waals surface area contributed by atoms with Crippen LogP contribution in [0.2, 0.25) is 0 Å². The SMILES string of the molecule is CCCCOC(=O)C1=C(C)Nc2nc(SCCC)nn2C1c1cc(Br)ccc1OCc1ccccc1C. The topological polar surface area (TPSA) is 78.3 Å². The van der Waals surface area contributed by atoms with Crippen molar-refractivity contribution in [3.05, 3.63) is 74.9 Å². The van der Waals surface area contributed by atoms with Crippen molar-refractivity contribution in [2.45, 2.75) is 64.8 Å². The summed E-state index contributed by atoms with van der Waals surface area (Å²) >= 11 is 5.22. The van der Waals surface area contributed by atoms with E-state index in [0.29, 0.717) is 41.3 Å². The zero-order chi connectivity index (χ0) is 26.4. The Morgan fingerprint density at radius 3 is 2.73 bits per heavy atom. The minimum Gasteiger partial charge on any atom is -0.489 e. The largest absolute Gasteiger partial charge is 0.489 e. The lowest BCUT2D eigenvalue weighted by Crippen LogP contribution is -2.30. The van der Waals surface area contributed by atoms with Crippen molar-refractivity contribution in [2.75, 3.05) is 17.7 Å². The number of thioether (sulfide) groups is 1. The van der Waals surface area contributed by atoms with Gasteiger partial charge in [-0.3, -0.25) is 0 Å².